The van der Waals surface area contributed by atoms with E-state index >= 15 is 0 Å². The van der Waals surface area contributed by atoms with E-state index in [1.165, 1.54) is 0 Å². The average Bonchev–Trinajstić information content (AvgIpc) is 2.26. The number of nitrogens with two attached hydrogens (primary N) is 1. The molecule has 0 aliphatic rings. The highest BCUT2D eigenvalue weighted by Gasteiger charge is 2.15. The predicted molar refractivity (Wildman–Crippen MR) is 61.3 cm³/mol. The van der Waals surface area contributed by atoms with Gasteiger partial charge in [0.05, 0.1) is 19.1 Å². The first kappa shape index (κ1) is 15.3. The van der Waals surface area contributed by atoms with Crippen LogP contribution in [0.1, 0.15) is 25.7 Å². The van der Waals surface area contributed by atoms with Crippen LogP contribution in [0.15, 0.2) is 0 Å². The largest absolute Gasteiger partial charge is 0.481 e. The molecule has 1 atom stereocenters. The first-order valence-electron chi connectivity index (χ1n) is 5.72. The molecule has 0 aliphatic carbocycles. The minimum Gasteiger partial charge on any atom is -0.481 e. The number of ether oxygens (including phenoxy) is 2. The number of carboxylic acids is 1. The number of hydrogen-bond donors (Lipinski definition) is 2. The van der Waals surface area contributed by atoms with Crippen molar-refractivity contribution in [1.82, 2.24) is 0 Å². The monoisotopic (exact) mass is 233 g/mol. The molecule has 5 heteroatoms. The number of methoxy groups -OCH3 is 1. The van der Waals surface area contributed by atoms with E-state index in [4.69, 9.17) is 20.3 Å². The van der Waals surface area contributed by atoms with Gasteiger partial charge in [0.25, 0.3) is 0 Å². The molecule has 5 nitrogen and oxygen atoms in total. The Morgan fingerprint density at radius 1 is 1.25 bits per heavy atom. The van der Waals surface area contributed by atoms with E-state index in [1.807, 2.05) is 0 Å². The second-order valence-corrected chi connectivity index (χ2v) is 3.71. The van der Waals surface area contributed by atoms with Crippen molar-refractivity contribution in [2.45, 2.75) is 25.7 Å². The molecule has 0 aromatic carbocycles. The van der Waals surface area contributed by atoms with E-state index in [1.54, 1.807) is 7.11 Å². The maximum Gasteiger partial charge on any atom is 0.306 e. The molecular weight excluding hydrogens is 210 g/mol. The first-order valence-corrected chi connectivity index (χ1v) is 5.72. The highest BCUT2D eigenvalue weighted by atomic mass is 16.5. The van der Waals surface area contributed by atoms with Gasteiger partial charge in [0, 0.05) is 13.7 Å². The van der Waals surface area contributed by atoms with Crippen LogP contribution in [-0.2, 0) is 14.3 Å². The van der Waals surface area contributed by atoms with E-state index < -0.39 is 5.97 Å². The molecule has 1 unspecified atom stereocenters. The Morgan fingerprint density at radius 3 is 2.50 bits per heavy atom. The molecule has 0 heterocycles. The molecule has 0 aromatic rings. The second-order valence-electron chi connectivity index (χ2n) is 3.71. The van der Waals surface area contributed by atoms with Crippen LogP contribution in [0.4, 0.5) is 0 Å². The summed E-state index contributed by atoms with van der Waals surface area (Å²) in [6.07, 6.45) is 2.85. The molecule has 96 valence electrons. The van der Waals surface area contributed by atoms with Crippen LogP contribution >= 0.6 is 0 Å². The van der Waals surface area contributed by atoms with Crippen LogP contribution in [0.3, 0.4) is 0 Å². The van der Waals surface area contributed by atoms with Gasteiger partial charge < -0.3 is 20.3 Å². The Kier molecular flexibility index (Phi) is 10.4. The van der Waals surface area contributed by atoms with Crippen molar-refractivity contribution < 1.29 is 19.4 Å². The van der Waals surface area contributed by atoms with Crippen molar-refractivity contribution in [2.75, 3.05) is 33.5 Å². The van der Waals surface area contributed by atoms with Crippen LogP contribution in [0.5, 0.6) is 0 Å². The van der Waals surface area contributed by atoms with Crippen molar-refractivity contribution in [2.24, 2.45) is 11.7 Å². The zero-order valence-corrected chi connectivity index (χ0v) is 9.98. The van der Waals surface area contributed by atoms with Crippen LogP contribution in [0.2, 0.25) is 0 Å². The Hall–Kier alpha value is -0.650. The third kappa shape index (κ3) is 8.64. The maximum atomic E-state index is 10.9. The van der Waals surface area contributed by atoms with Crippen LogP contribution in [0, 0.1) is 5.92 Å². The summed E-state index contributed by atoms with van der Waals surface area (Å²) < 4.78 is 10.1. The molecule has 0 aromatic heterocycles. The SMILES string of the molecule is COCCOCCCC(CCCN)C(=O)O. The zero-order chi connectivity index (χ0) is 12.2. The van der Waals surface area contributed by atoms with Crippen LogP contribution in [-0.4, -0.2) is 44.6 Å². The minimum absolute atomic E-state index is 0.283. The highest BCUT2D eigenvalue weighted by molar-refractivity contribution is 5.69. The molecule has 0 fully saturated rings. The molecule has 0 aliphatic heterocycles. The molecular formula is C11H23NO4. The number of rotatable bonds is 11. The van der Waals surface area contributed by atoms with E-state index in [2.05, 4.69) is 0 Å². The summed E-state index contributed by atoms with van der Waals surface area (Å²) >= 11 is 0. The van der Waals surface area contributed by atoms with E-state index in [0.717, 1.165) is 12.8 Å². The molecule has 0 bridgehead atoms. The van der Waals surface area contributed by atoms with Crippen molar-refractivity contribution in [1.29, 1.82) is 0 Å². The summed E-state index contributed by atoms with van der Waals surface area (Å²) in [6, 6.07) is 0. The molecule has 0 amide bonds. The topological polar surface area (TPSA) is 81.8 Å². The van der Waals surface area contributed by atoms with Gasteiger partial charge in [-0.3, -0.25) is 4.79 Å². The van der Waals surface area contributed by atoms with Gasteiger partial charge in [-0.2, -0.15) is 0 Å². The average molecular weight is 233 g/mol. The summed E-state index contributed by atoms with van der Waals surface area (Å²) in [4.78, 5) is 10.9. The first-order chi connectivity index (χ1) is 7.72. The van der Waals surface area contributed by atoms with Gasteiger partial charge in [-0.1, -0.05) is 0 Å². The Morgan fingerprint density at radius 2 is 1.94 bits per heavy atom. The van der Waals surface area contributed by atoms with E-state index in [0.29, 0.717) is 39.2 Å². The molecule has 3 N–H and O–H groups in total. The fourth-order valence-electron chi connectivity index (χ4n) is 1.43. The fraction of sp³-hybridized carbons (Fsp3) is 0.909. The van der Waals surface area contributed by atoms with Gasteiger partial charge in [-0.05, 0) is 32.2 Å². The van der Waals surface area contributed by atoms with E-state index in [9.17, 15) is 4.79 Å². The summed E-state index contributed by atoms with van der Waals surface area (Å²) in [5.41, 5.74) is 5.36. The standard InChI is InChI=1S/C11H23NO4/c1-15-8-9-16-7-3-5-10(11(13)14)4-2-6-12/h10H,2-9,12H2,1H3,(H,13,14). The van der Waals surface area contributed by atoms with Crippen LogP contribution < -0.4 is 5.73 Å². The van der Waals surface area contributed by atoms with Crippen molar-refractivity contribution in [3.8, 4) is 0 Å². The van der Waals surface area contributed by atoms with Crippen molar-refractivity contribution >= 4 is 5.97 Å². The quantitative estimate of drug-likeness (QED) is 0.517. The molecule has 0 radical (unpaired) electrons. The number of carbonyl (C=O) groups is 1. The molecule has 0 saturated carbocycles. The van der Waals surface area contributed by atoms with Crippen molar-refractivity contribution in [3.05, 3.63) is 0 Å². The van der Waals surface area contributed by atoms with Gasteiger partial charge in [0.1, 0.15) is 0 Å². The summed E-state index contributed by atoms with van der Waals surface area (Å²) in [7, 11) is 1.62. The molecule has 0 spiro atoms. The summed E-state index contributed by atoms with van der Waals surface area (Å²) in [6.45, 7) is 2.29. The smallest absolute Gasteiger partial charge is 0.306 e. The fourth-order valence-corrected chi connectivity index (χ4v) is 1.43. The lowest BCUT2D eigenvalue weighted by molar-refractivity contribution is -0.142. The molecule has 16 heavy (non-hydrogen) atoms. The number of carboxylic acid groups (broad SMARTS) is 1. The third-order valence-electron chi connectivity index (χ3n) is 2.38. The number of hydrogen-bond acceptors (Lipinski definition) is 4. The van der Waals surface area contributed by atoms with Gasteiger partial charge >= 0.3 is 5.97 Å². The Balaban J connectivity index is 3.48. The predicted octanol–water partition coefficient (Wildman–Crippen LogP) is 0.869. The lowest BCUT2D eigenvalue weighted by atomic mass is 9.98. The highest BCUT2D eigenvalue weighted by Crippen LogP contribution is 2.13. The minimum atomic E-state index is -0.731. The van der Waals surface area contributed by atoms with Gasteiger partial charge in [-0.25, -0.2) is 0 Å². The third-order valence-corrected chi connectivity index (χ3v) is 2.38. The normalized spacial score (nSPS) is 12.6. The summed E-state index contributed by atoms with van der Waals surface area (Å²) in [5, 5.41) is 8.94. The molecule has 0 rings (SSSR count). The molecule has 0 saturated heterocycles. The number of aliphatic carboxylic acids is 1. The Bertz CT molecular complexity index is 175. The second kappa shape index (κ2) is 10.9. The van der Waals surface area contributed by atoms with Crippen molar-refractivity contribution in [3.63, 3.8) is 0 Å². The maximum absolute atomic E-state index is 10.9. The van der Waals surface area contributed by atoms with Crippen LogP contribution in [0.25, 0.3) is 0 Å². The van der Waals surface area contributed by atoms with Gasteiger partial charge in [0.2, 0.25) is 0 Å². The lowest BCUT2D eigenvalue weighted by Gasteiger charge is -2.11. The Labute approximate surface area is 96.9 Å². The van der Waals surface area contributed by atoms with E-state index in [-0.39, 0.29) is 5.92 Å². The lowest BCUT2D eigenvalue weighted by Crippen LogP contribution is -2.16. The van der Waals surface area contributed by atoms with Gasteiger partial charge in [-0.15, -0.1) is 0 Å². The summed E-state index contributed by atoms with van der Waals surface area (Å²) in [5.74, 6) is -1.01. The zero-order valence-electron chi connectivity index (χ0n) is 9.98. The van der Waals surface area contributed by atoms with Gasteiger partial charge in [0.15, 0.2) is 0 Å².